The Balaban J connectivity index is 2.14. The fourth-order valence-electron chi connectivity index (χ4n) is 1.25. The molecule has 0 aliphatic heterocycles. The van der Waals surface area contributed by atoms with Crippen LogP contribution in [-0.2, 0) is 9.84 Å². The molecular formula is C10H10N4O3S. The van der Waals surface area contributed by atoms with E-state index in [-0.39, 0.29) is 10.9 Å². The second-order valence-corrected chi connectivity index (χ2v) is 5.56. The van der Waals surface area contributed by atoms with Crippen molar-refractivity contribution < 1.29 is 13.2 Å². The summed E-state index contributed by atoms with van der Waals surface area (Å²) < 4.78 is 22.4. The molecule has 0 radical (unpaired) electrons. The first-order valence-corrected chi connectivity index (χ1v) is 6.82. The van der Waals surface area contributed by atoms with Gasteiger partial charge in [-0.25, -0.2) is 13.4 Å². The Morgan fingerprint density at radius 3 is 2.61 bits per heavy atom. The van der Waals surface area contributed by atoms with Crippen molar-refractivity contribution in [3.05, 3.63) is 36.3 Å². The zero-order valence-corrected chi connectivity index (χ0v) is 10.2. The Kier molecular flexibility index (Phi) is 3.11. The Labute approximate surface area is 103 Å². The number of hydrogen-bond donors (Lipinski definition) is 2. The Morgan fingerprint density at radius 1 is 1.33 bits per heavy atom. The molecular weight excluding hydrogens is 256 g/mol. The predicted octanol–water partition coefficient (Wildman–Crippen LogP) is 0.461. The van der Waals surface area contributed by atoms with Crippen LogP contribution in [0.15, 0.2) is 35.7 Å². The number of carbonyl (C=O) groups excluding carboxylic acids is 1. The second-order valence-electron chi connectivity index (χ2n) is 3.60. The lowest BCUT2D eigenvalue weighted by Crippen LogP contribution is -2.11. The van der Waals surface area contributed by atoms with Gasteiger partial charge in [-0.1, -0.05) is 0 Å². The summed E-state index contributed by atoms with van der Waals surface area (Å²) in [5, 5.41) is 8.70. The summed E-state index contributed by atoms with van der Waals surface area (Å²) in [6.45, 7) is 0. The van der Waals surface area contributed by atoms with Crippen LogP contribution >= 0.6 is 0 Å². The van der Waals surface area contributed by atoms with Crippen LogP contribution in [0.5, 0.6) is 0 Å². The van der Waals surface area contributed by atoms with Crippen LogP contribution in [0.3, 0.4) is 0 Å². The zero-order chi connectivity index (χ0) is 13.2. The van der Waals surface area contributed by atoms with E-state index in [0.717, 1.165) is 6.26 Å². The third kappa shape index (κ3) is 2.72. The maximum absolute atomic E-state index is 11.6. The van der Waals surface area contributed by atoms with Gasteiger partial charge in [0, 0.05) is 12.5 Å². The highest BCUT2D eigenvalue weighted by molar-refractivity contribution is 7.90. The van der Waals surface area contributed by atoms with E-state index in [2.05, 4.69) is 20.5 Å². The number of aromatic nitrogens is 3. The summed E-state index contributed by atoms with van der Waals surface area (Å²) in [7, 11) is -3.33. The summed E-state index contributed by atoms with van der Waals surface area (Å²) in [6.07, 6.45) is 5.19. The van der Waals surface area contributed by atoms with Gasteiger partial charge in [-0.3, -0.25) is 9.89 Å². The molecule has 2 rings (SSSR count). The molecule has 0 bridgehead atoms. The van der Waals surface area contributed by atoms with Crippen molar-refractivity contribution in [3.63, 3.8) is 0 Å². The van der Waals surface area contributed by atoms with Crippen LogP contribution in [0.25, 0.3) is 0 Å². The van der Waals surface area contributed by atoms with E-state index in [1.165, 1.54) is 30.7 Å². The molecule has 2 aromatic rings. The molecule has 0 aliphatic rings. The predicted molar refractivity (Wildman–Crippen MR) is 63.9 cm³/mol. The molecule has 2 heterocycles. The Morgan fingerprint density at radius 2 is 2.11 bits per heavy atom. The van der Waals surface area contributed by atoms with Gasteiger partial charge in [0.25, 0.3) is 5.91 Å². The molecule has 0 aromatic carbocycles. The standard InChI is InChI=1S/C10H10N4O3S/c1-18(16,17)9-3-2-8(6-11-9)14-10(15)7-4-12-13-5-7/h2-6H,1H3,(H,12,13)(H,14,15). The first-order chi connectivity index (χ1) is 8.47. The molecule has 0 unspecified atom stereocenters. The van der Waals surface area contributed by atoms with E-state index in [9.17, 15) is 13.2 Å². The van der Waals surface area contributed by atoms with E-state index in [1.807, 2.05) is 0 Å². The van der Waals surface area contributed by atoms with Gasteiger partial charge in [-0.15, -0.1) is 0 Å². The lowest BCUT2D eigenvalue weighted by molar-refractivity contribution is 0.102. The summed E-state index contributed by atoms with van der Waals surface area (Å²) in [5.41, 5.74) is 0.788. The Hall–Kier alpha value is -2.22. The molecule has 1 amide bonds. The molecule has 0 atom stereocenters. The van der Waals surface area contributed by atoms with Gasteiger partial charge in [-0.2, -0.15) is 5.10 Å². The molecule has 2 N–H and O–H groups in total. The highest BCUT2D eigenvalue weighted by Crippen LogP contribution is 2.11. The average Bonchev–Trinajstić information content (AvgIpc) is 2.82. The lowest BCUT2D eigenvalue weighted by atomic mass is 10.3. The fourth-order valence-corrected chi connectivity index (χ4v) is 1.81. The number of hydrogen-bond acceptors (Lipinski definition) is 5. The normalized spacial score (nSPS) is 11.2. The van der Waals surface area contributed by atoms with E-state index < -0.39 is 9.84 Å². The van der Waals surface area contributed by atoms with Crippen LogP contribution in [0, 0.1) is 0 Å². The minimum absolute atomic E-state index is 0.0381. The fraction of sp³-hybridized carbons (Fsp3) is 0.100. The van der Waals surface area contributed by atoms with Crippen LogP contribution < -0.4 is 5.32 Å². The molecule has 2 aromatic heterocycles. The highest BCUT2D eigenvalue weighted by Gasteiger charge is 2.10. The van der Waals surface area contributed by atoms with Gasteiger partial charge < -0.3 is 5.32 Å². The number of sulfone groups is 1. The molecule has 8 heteroatoms. The van der Waals surface area contributed by atoms with Crippen LogP contribution in [-0.4, -0.2) is 35.8 Å². The van der Waals surface area contributed by atoms with Gasteiger partial charge in [0.15, 0.2) is 14.9 Å². The van der Waals surface area contributed by atoms with Crippen molar-refractivity contribution in [2.75, 3.05) is 11.6 Å². The minimum Gasteiger partial charge on any atom is -0.320 e. The third-order valence-electron chi connectivity index (χ3n) is 2.13. The number of anilines is 1. The van der Waals surface area contributed by atoms with E-state index >= 15 is 0 Å². The van der Waals surface area contributed by atoms with Crippen molar-refractivity contribution in [1.29, 1.82) is 0 Å². The van der Waals surface area contributed by atoms with Crippen molar-refractivity contribution >= 4 is 21.4 Å². The first-order valence-electron chi connectivity index (χ1n) is 4.93. The van der Waals surface area contributed by atoms with Crippen LogP contribution in [0.4, 0.5) is 5.69 Å². The smallest absolute Gasteiger partial charge is 0.258 e. The van der Waals surface area contributed by atoms with E-state index in [1.54, 1.807) is 0 Å². The second kappa shape index (κ2) is 4.57. The highest BCUT2D eigenvalue weighted by atomic mass is 32.2. The van der Waals surface area contributed by atoms with Gasteiger partial charge >= 0.3 is 0 Å². The maximum atomic E-state index is 11.6. The third-order valence-corrected chi connectivity index (χ3v) is 3.14. The van der Waals surface area contributed by atoms with E-state index in [4.69, 9.17) is 0 Å². The first kappa shape index (κ1) is 12.2. The summed E-state index contributed by atoms with van der Waals surface area (Å²) in [6, 6.07) is 2.81. The molecule has 18 heavy (non-hydrogen) atoms. The number of nitrogens with zero attached hydrogens (tertiary/aromatic N) is 2. The Bertz CT molecular complexity index is 647. The van der Waals surface area contributed by atoms with Crippen molar-refractivity contribution in [3.8, 4) is 0 Å². The van der Waals surface area contributed by atoms with Gasteiger partial charge in [0.05, 0.1) is 23.6 Å². The zero-order valence-electron chi connectivity index (χ0n) is 9.41. The molecule has 0 saturated carbocycles. The number of nitrogens with one attached hydrogen (secondary N) is 2. The number of H-pyrrole nitrogens is 1. The van der Waals surface area contributed by atoms with Gasteiger partial charge in [0.1, 0.15) is 0 Å². The summed E-state index contributed by atoms with van der Waals surface area (Å²) in [5.74, 6) is -0.349. The number of pyridine rings is 1. The average molecular weight is 266 g/mol. The minimum atomic E-state index is -3.33. The number of rotatable bonds is 3. The summed E-state index contributed by atoms with van der Waals surface area (Å²) >= 11 is 0. The van der Waals surface area contributed by atoms with E-state index in [0.29, 0.717) is 11.3 Å². The largest absolute Gasteiger partial charge is 0.320 e. The van der Waals surface area contributed by atoms with Crippen molar-refractivity contribution in [2.45, 2.75) is 5.03 Å². The molecule has 0 spiro atoms. The molecule has 0 saturated heterocycles. The van der Waals surface area contributed by atoms with Crippen molar-refractivity contribution in [1.82, 2.24) is 15.2 Å². The molecule has 0 fully saturated rings. The van der Waals surface area contributed by atoms with Crippen LogP contribution in [0.1, 0.15) is 10.4 Å². The monoisotopic (exact) mass is 266 g/mol. The number of carbonyl (C=O) groups is 1. The van der Waals surface area contributed by atoms with Crippen LogP contribution in [0.2, 0.25) is 0 Å². The number of aromatic amines is 1. The quantitative estimate of drug-likeness (QED) is 0.839. The number of amides is 1. The topological polar surface area (TPSA) is 105 Å². The lowest BCUT2D eigenvalue weighted by Gasteiger charge is -2.03. The van der Waals surface area contributed by atoms with Gasteiger partial charge in [-0.05, 0) is 12.1 Å². The summed E-state index contributed by atoms with van der Waals surface area (Å²) in [4.78, 5) is 15.4. The SMILES string of the molecule is CS(=O)(=O)c1ccc(NC(=O)c2cn[nH]c2)cn1. The molecule has 0 aliphatic carbocycles. The van der Waals surface area contributed by atoms with Crippen molar-refractivity contribution in [2.24, 2.45) is 0 Å². The van der Waals surface area contributed by atoms with Gasteiger partial charge in [0.2, 0.25) is 0 Å². The molecule has 7 nitrogen and oxygen atoms in total. The maximum Gasteiger partial charge on any atom is 0.258 e. The molecule has 94 valence electrons.